The number of hydrogen-bond acceptors (Lipinski definition) is 9. The SMILES string of the molecule is CCCCCCCCCCCCOCCOCCOCCOCCOCCOCCOCCOC(=O)NCC[CH2][Sn]. The van der Waals surface area contributed by atoms with Crippen LogP contribution < -0.4 is 5.32 Å². The summed E-state index contributed by atoms with van der Waals surface area (Å²) in [6.07, 6.45) is 14.0. The zero-order chi connectivity index (χ0) is 29.7. The van der Waals surface area contributed by atoms with Crippen LogP contribution in [0.25, 0.3) is 0 Å². The molecule has 0 unspecified atom stereocenters. The second kappa shape index (κ2) is 37.8. The van der Waals surface area contributed by atoms with Crippen LogP contribution >= 0.6 is 0 Å². The summed E-state index contributed by atoms with van der Waals surface area (Å²) in [7, 11) is 0. The molecular weight excluding hydrogens is 637 g/mol. The van der Waals surface area contributed by atoms with E-state index in [1.54, 1.807) is 0 Å². The summed E-state index contributed by atoms with van der Waals surface area (Å²) in [5.41, 5.74) is 0. The minimum atomic E-state index is -0.390. The van der Waals surface area contributed by atoms with E-state index in [0.717, 1.165) is 23.9 Å². The van der Waals surface area contributed by atoms with E-state index in [-0.39, 0.29) is 12.7 Å². The Balaban J connectivity index is 3.06. The Labute approximate surface area is 263 Å². The van der Waals surface area contributed by atoms with Crippen LogP contribution in [0.2, 0.25) is 4.44 Å². The van der Waals surface area contributed by atoms with Gasteiger partial charge in [0.2, 0.25) is 0 Å². The number of hydrogen-bond donors (Lipinski definition) is 1. The fraction of sp³-hybridized carbons (Fsp3) is 0.967. The van der Waals surface area contributed by atoms with Crippen molar-refractivity contribution < 1.29 is 42.7 Å². The molecule has 41 heavy (non-hydrogen) atoms. The minimum absolute atomic E-state index is 0.237. The summed E-state index contributed by atoms with van der Waals surface area (Å²) in [5.74, 6) is 0. The second-order valence-electron chi connectivity index (χ2n) is 9.63. The molecule has 0 aromatic rings. The maximum absolute atomic E-state index is 11.3. The van der Waals surface area contributed by atoms with Crippen molar-refractivity contribution in [1.29, 1.82) is 0 Å². The summed E-state index contributed by atoms with van der Waals surface area (Å²) in [6, 6.07) is 0. The Bertz CT molecular complexity index is 507. The van der Waals surface area contributed by atoms with Gasteiger partial charge in [-0.3, -0.25) is 0 Å². The molecule has 0 aliphatic rings. The normalized spacial score (nSPS) is 11.3. The Hall–Kier alpha value is -0.211. The molecule has 0 atom stereocenters. The van der Waals surface area contributed by atoms with Crippen LogP contribution in [0.4, 0.5) is 4.79 Å². The van der Waals surface area contributed by atoms with Crippen molar-refractivity contribution in [2.24, 2.45) is 0 Å². The van der Waals surface area contributed by atoms with E-state index in [9.17, 15) is 4.79 Å². The molecule has 10 nitrogen and oxygen atoms in total. The molecule has 0 aliphatic heterocycles. The van der Waals surface area contributed by atoms with E-state index >= 15 is 0 Å². The molecule has 1 N–H and O–H groups in total. The second-order valence-corrected chi connectivity index (χ2v) is 11.1. The number of unbranched alkanes of at least 4 members (excludes halogenated alkanes) is 9. The average Bonchev–Trinajstić information content (AvgIpc) is 2.98. The van der Waals surface area contributed by atoms with Gasteiger partial charge in [0.25, 0.3) is 0 Å². The predicted molar refractivity (Wildman–Crippen MR) is 162 cm³/mol. The number of carbonyl (C=O) groups excluding carboxylic acids is 1. The molecule has 0 saturated heterocycles. The first-order valence-corrected chi connectivity index (χ1v) is 17.9. The zero-order valence-electron chi connectivity index (χ0n) is 26.0. The number of carbonyl (C=O) groups is 1. The fourth-order valence-electron chi connectivity index (χ4n) is 3.64. The zero-order valence-corrected chi connectivity index (χ0v) is 28.8. The monoisotopic (exact) mass is 698 g/mol. The number of alkyl carbamates (subject to hydrolysis) is 1. The van der Waals surface area contributed by atoms with Gasteiger partial charge in [0.15, 0.2) is 0 Å². The maximum atomic E-state index is 11.3. The van der Waals surface area contributed by atoms with Crippen LogP contribution in [0, 0.1) is 0 Å². The van der Waals surface area contributed by atoms with E-state index in [1.165, 1.54) is 80.3 Å². The van der Waals surface area contributed by atoms with Gasteiger partial charge in [-0.1, -0.05) is 64.7 Å². The number of amides is 1. The van der Waals surface area contributed by atoms with Crippen LogP contribution in [0.3, 0.4) is 0 Å². The summed E-state index contributed by atoms with van der Waals surface area (Å²) >= 11 is 1.48. The van der Waals surface area contributed by atoms with Gasteiger partial charge in [-0.25, -0.2) is 0 Å². The molecule has 0 saturated carbocycles. The van der Waals surface area contributed by atoms with Gasteiger partial charge < -0.3 is 23.7 Å². The summed E-state index contributed by atoms with van der Waals surface area (Å²) in [5, 5.41) is 2.69. The third-order valence-electron chi connectivity index (χ3n) is 5.96. The number of ether oxygens (including phenoxy) is 8. The quantitative estimate of drug-likeness (QED) is 0.0745. The number of nitrogens with one attached hydrogen (secondary N) is 1. The molecule has 243 valence electrons. The third-order valence-corrected chi connectivity index (χ3v) is 6.97. The van der Waals surface area contributed by atoms with Gasteiger partial charge in [-0.05, 0) is 6.42 Å². The standard InChI is InChI=1S/C30H60NO9.Sn/c1-3-5-6-7-8-9-10-11-12-13-15-33-16-17-34-18-19-35-20-21-36-22-23-37-24-25-38-26-27-39-28-29-40-30(32)31-14-4-2;/h2-29H2,1H3,(H,31,32);. The van der Waals surface area contributed by atoms with E-state index in [2.05, 4.69) is 12.2 Å². The molecule has 0 spiro atoms. The number of rotatable bonds is 35. The summed E-state index contributed by atoms with van der Waals surface area (Å²) < 4.78 is 44.5. The van der Waals surface area contributed by atoms with Crippen molar-refractivity contribution >= 4 is 28.6 Å². The Morgan fingerprint density at radius 1 is 0.463 bits per heavy atom. The first-order valence-electron chi connectivity index (χ1n) is 15.9. The van der Waals surface area contributed by atoms with Gasteiger partial charge in [0.05, 0.1) is 66.1 Å². The van der Waals surface area contributed by atoms with Gasteiger partial charge in [-0.15, -0.1) is 0 Å². The van der Waals surface area contributed by atoms with Crippen molar-refractivity contribution in [1.82, 2.24) is 5.32 Å². The molecular formula is C30H60NO9Sn. The summed E-state index contributed by atoms with van der Waals surface area (Å²) in [4.78, 5) is 11.3. The predicted octanol–water partition coefficient (Wildman–Crippen LogP) is 4.73. The van der Waals surface area contributed by atoms with Crippen molar-refractivity contribution in [2.45, 2.75) is 82.0 Å². The van der Waals surface area contributed by atoms with Crippen LogP contribution in [-0.4, -0.2) is 134 Å². The van der Waals surface area contributed by atoms with E-state index in [1.807, 2.05) is 0 Å². The molecule has 3 radical (unpaired) electrons. The molecule has 0 rings (SSSR count). The van der Waals surface area contributed by atoms with Crippen molar-refractivity contribution in [2.75, 3.05) is 106 Å². The van der Waals surface area contributed by atoms with E-state index in [0.29, 0.717) is 92.4 Å². The molecule has 0 aromatic heterocycles. The van der Waals surface area contributed by atoms with Crippen LogP contribution in [0.5, 0.6) is 0 Å². The van der Waals surface area contributed by atoms with E-state index < -0.39 is 0 Å². The molecule has 0 aromatic carbocycles. The van der Waals surface area contributed by atoms with E-state index in [4.69, 9.17) is 37.9 Å². The molecule has 0 heterocycles. The first-order chi connectivity index (χ1) is 20.3. The Morgan fingerprint density at radius 3 is 1.20 bits per heavy atom. The average molecular weight is 698 g/mol. The fourth-order valence-corrected chi connectivity index (χ4v) is 4.14. The van der Waals surface area contributed by atoms with Crippen LogP contribution in [0.15, 0.2) is 0 Å². The Morgan fingerprint density at radius 2 is 0.805 bits per heavy atom. The van der Waals surface area contributed by atoms with Crippen molar-refractivity contribution in [3.63, 3.8) is 0 Å². The first kappa shape index (κ1) is 40.8. The topological polar surface area (TPSA) is 103 Å². The molecule has 0 fully saturated rings. The Kier molecular flexibility index (Phi) is 37.6. The van der Waals surface area contributed by atoms with Crippen molar-refractivity contribution in [3.8, 4) is 0 Å². The van der Waals surface area contributed by atoms with Gasteiger partial charge >= 0.3 is 96.8 Å². The third kappa shape index (κ3) is 37.8. The molecule has 1 amide bonds. The summed E-state index contributed by atoms with van der Waals surface area (Å²) in [6.45, 7) is 10.8. The molecule has 11 heteroatoms. The van der Waals surface area contributed by atoms with Crippen LogP contribution in [0.1, 0.15) is 77.6 Å². The van der Waals surface area contributed by atoms with Crippen molar-refractivity contribution in [3.05, 3.63) is 0 Å². The van der Waals surface area contributed by atoms with Gasteiger partial charge in [-0.2, -0.15) is 0 Å². The molecule has 0 bridgehead atoms. The van der Waals surface area contributed by atoms with Gasteiger partial charge in [0.1, 0.15) is 0 Å². The van der Waals surface area contributed by atoms with Crippen LogP contribution in [-0.2, 0) is 37.9 Å². The van der Waals surface area contributed by atoms with Gasteiger partial charge in [0, 0.05) is 6.61 Å². The molecule has 0 aliphatic carbocycles.